The molecule has 0 radical (unpaired) electrons. The van der Waals surface area contributed by atoms with E-state index in [2.05, 4.69) is 26.5 Å². The highest BCUT2D eigenvalue weighted by Crippen LogP contribution is 2.46. The van der Waals surface area contributed by atoms with Gasteiger partial charge >= 0.3 is 18.4 Å². The maximum absolute atomic E-state index is 14.5. The molecule has 0 spiro atoms. The monoisotopic (exact) mass is 897 g/mol. The molecule has 5 rings (SSSR count). The SMILES string of the molecule is CC1NC(/C(=N\NCC(=O)NC(Cc2cc(F)cc(F)c2)c2nc(NC(=O)OC(C)(C)C)ccc2-c2ccc(Cl)c3c2N(CC(F)(F)F)N(C)C3)C(F)(F)F)=CC1(F)F.CN. The van der Waals surface area contributed by atoms with Crippen LogP contribution in [0.25, 0.3) is 11.1 Å². The molecule has 2 unspecified atom stereocenters. The highest BCUT2D eigenvalue weighted by molar-refractivity contribution is 6.32. The molecule has 334 valence electrons. The van der Waals surface area contributed by atoms with E-state index in [4.69, 9.17) is 16.3 Å². The molecule has 0 aliphatic carbocycles. The summed E-state index contributed by atoms with van der Waals surface area (Å²) in [6.45, 7) is 3.15. The van der Waals surface area contributed by atoms with E-state index >= 15 is 0 Å². The fourth-order valence-corrected chi connectivity index (χ4v) is 6.51. The summed E-state index contributed by atoms with van der Waals surface area (Å²) < 4.78 is 146. The van der Waals surface area contributed by atoms with E-state index in [0.29, 0.717) is 6.07 Å². The van der Waals surface area contributed by atoms with Gasteiger partial charge in [-0.05, 0) is 77.1 Å². The Kier molecular flexibility index (Phi) is 14.8. The number of nitrogens with one attached hydrogen (secondary N) is 4. The Morgan fingerprint density at radius 3 is 2.21 bits per heavy atom. The molecule has 2 atom stereocenters. The van der Waals surface area contributed by atoms with Crippen molar-refractivity contribution in [2.24, 2.45) is 10.8 Å². The summed E-state index contributed by atoms with van der Waals surface area (Å²) in [7, 11) is 2.89. The number of alkyl halides is 8. The topological polar surface area (TPSA) is 149 Å². The standard InChI is InChI=1S/C37H37ClF10N8O3.CH5N/c1-18-35(41,42)14-27(50-18)32(37(46,47)48)54-49-15-29(57)51-26(12-19-10-20(39)13-21(40)11-19)30-22(7-9-28(52-30)53-33(58)59-34(2,3)4)23-6-8-25(38)24-16-55(5)56(31(23)24)17-36(43,44)45;1-2/h6-11,13-14,18,26,49-50H,12,15-17H2,1-5H3,(H,51,57)(H,52,53,58);2H2,1H3/b54-32+;. The lowest BCUT2D eigenvalue weighted by Crippen LogP contribution is -2.41. The van der Waals surface area contributed by atoms with Crippen molar-refractivity contribution in [3.05, 3.63) is 87.7 Å². The number of ether oxygens (including phenoxy) is 1. The predicted molar refractivity (Wildman–Crippen MR) is 208 cm³/mol. The number of nitrogens with two attached hydrogens (primary N) is 1. The maximum atomic E-state index is 14.5. The molecule has 23 heteroatoms. The molecule has 61 heavy (non-hydrogen) atoms. The number of carbonyl (C=O) groups excluding carboxylic acids is 2. The van der Waals surface area contributed by atoms with Gasteiger partial charge in [0, 0.05) is 47.4 Å². The van der Waals surface area contributed by atoms with Gasteiger partial charge in [0.25, 0.3) is 5.92 Å². The number of anilines is 2. The molecule has 0 fully saturated rings. The first-order chi connectivity index (χ1) is 28.2. The number of benzene rings is 2. The molecular weight excluding hydrogens is 856 g/mol. The van der Waals surface area contributed by atoms with E-state index in [9.17, 15) is 53.5 Å². The van der Waals surface area contributed by atoms with Crippen LogP contribution < -0.4 is 32.1 Å². The van der Waals surface area contributed by atoms with Crippen LogP contribution in [0.2, 0.25) is 5.02 Å². The third-order valence-corrected chi connectivity index (χ3v) is 9.08. The van der Waals surface area contributed by atoms with Gasteiger partial charge in [-0.15, -0.1) is 0 Å². The molecule has 6 N–H and O–H groups in total. The zero-order valence-electron chi connectivity index (χ0n) is 33.4. The number of hydrogen-bond acceptors (Lipinski definition) is 10. The van der Waals surface area contributed by atoms with Crippen LogP contribution in [0, 0.1) is 11.6 Å². The number of carbonyl (C=O) groups is 2. The normalized spacial score (nSPS) is 17.1. The minimum absolute atomic E-state index is 0.000472. The molecule has 0 saturated heterocycles. The Balaban J connectivity index is 0.00000403. The maximum Gasteiger partial charge on any atom is 0.437 e. The number of hydrogen-bond donors (Lipinski definition) is 5. The Bertz CT molecular complexity index is 2140. The average Bonchev–Trinajstić information content (AvgIpc) is 3.58. The number of halogens is 11. The van der Waals surface area contributed by atoms with Crippen LogP contribution >= 0.6 is 11.6 Å². The van der Waals surface area contributed by atoms with Gasteiger partial charge in [0.15, 0.2) is 5.71 Å². The Labute approximate surface area is 348 Å². The van der Waals surface area contributed by atoms with Crippen molar-refractivity contribution in [2.75, 3.05) is 37.5 Å². The second kappa shape index (κ2) is 18.7. The van der Waals surface area contributed by atoms with Gasteiger partial charge in [-0.25, -0.2) is 23.6 Å². The van der Waals surface area contributed by atoms with Crippen LogP contribution in [0.3, 0.4) is 0 Å². The molecule has 3 heterocycles. The molecule has 2 amide bonds. The highest BCUT2D eigenvalue weighted by atomic mass is 35.5. The number of hydrazine groups is 1. The van der Waals surface area contributed by atoms with Crippen LogP contribution in [0.15, 0.2) is 59.3 Å². The molecule has 12 nitrogen and oxygen atoms in total. The number of pyridine rings is 1. The van der Waals surface area contributed by atoms with Crippen LogP contribution in [-0.4, -0.2) is 84.8 Å². The van der Waals surface area contributed by atoms with E-state index in [1.807, 2.05) is 10.7 Å². The second-order valence-electron chi connectivity index (χ2n) is 14.7. The van der Waals surface area contributed by atoms with Gasteiger partial charge in [-0.3, -0.25) is 20.5 Å². The van der Waals surface area contributed by atoms with E-state index < -0.39 is 90.5 Å². The number of nitrogens with zero attached hydrogens (tertiary/aromatic N) is 4. The average molecular weight is 898 g/mol. The van der Waals surface area contributed by atoms with Crippen LogP contribution in [0.1, 0.15) is 50.6 Å². The molecule has 2 aromatic carbocycles. The first-order valence-electron chi connectivity index (χ1n) is 18.2. The van der Waals surface area contributed by atoms with Gasteiger partial charge < -0.3 is 21.1 Å². The van der Waals surface area contributed by atoms with Gasteiger partial charge in [0.2, 0.25) is 5.91 Å². The molecular formula is C38H42ClF10N9O3. The van der Waals surface area contributed by atoms with Crippen molar-refractivity contribution in [3.8, 4) is 11.1 Å². The van der Waals surface area contributed by atoms with Gasteiger partial charge in [-0.1, -0.05) is 17.7 Å². The molecule has 0 bridgehead atoms. The van der Waals surface area contributed by atoms with E-state index in [1.165, 1.54) is 43.4 Å². The second-order valence-corrected chi connectivity index (χ2v) is 15.1. The van der Waals surface area contributed by atoms with Gasteiger partial charge in [0.05, 0.1) is 29.2 Å². The largest absolute Gasteiger partial charge is 0.444 e. The Morgan fingerprint density at radius 2 is 1.66 bits per heavy atom. The molecule has 1 aromatic heterocycles. The number of hydrazone groups is 1. The molecule has 3 aromatic rings. The summed E-state index contributed by atoms with van der Waals surface area (Å²) in [4.78, 5) is 30.8. The predicted octanol–water partition coefficient (Wildman–Crippen LogP) is 7.75. The molecule has 0 saturated carbocycles. The number of allylic oxidation sites excluding steroid dienone is 1. The smallest absolute Gasteiger partial charge is 0.437 e. The van der Waals surface area contributed by atoms with Gasteiger partial charge in [0.1, 0.15) is 36.1 Å². The Hall–Kier alpha value is -5.35. The highest BCUT2D eigenvalue weighted by Gasteiger charge is 2.47. The number of amides is 2. The van der Waals surface area contributed by atoms with Gasteiger partial charge in [-0.2, -0.15) is 40.2 Å². The number of aromatic nitrogens is 1. The van der Waals surface area contributed by atoms with Crippen LogP contribution in [-0.2, 0) is 22.5 Å². The zero-order chi connectivity index (χ0) is 45.8. The lowest BCUT2D eigenvalue weighted by atomic mass is 9.93. The summed E-state index contributed by atoms with van der Waals surface area (Å²) in [5.41, 5.74) is 2.74. The quantitative estimate of drug-likeness (QED) is 0.0741. The lowest BCUT2D eigenvalue weighted by Gasteiger charge is -2.30. The van der Waals surface area contributed by atoms with Crippen molar-refractivity contribution >= 4 is 40.8 Å². The number of fused-ring (bicyclic) bond motifs is 1. The summed E-state index contributed by atoms with van der Waals surface area (Å²) in [6.07, 6.45) is -11.4. The third-order valence-electron chi connectivity index (χ3n) is 8.72. The lowest BCUT2D eigenvalue weighted by molar-refractivity contribution is -0.124. The molecule has 2 aliphatic rings. The minimum Gasteiger partial charge on any atom is -0.444 e. The third kappa shape index (κ3) is 12.6. The summed E-state index contributed by atoms with van der Waals surface area (Å²) in [5.74, 6) is -7.01. The minimum atomic E-state index is -5.26. The first-order valence-corrected chi connectivity index (χ1v) is 18.5. The number of rotatable bonds is 11. The van der Waals surface area contributed by atoms with Crippen molar-refractivity contribution in [3.63, 3.8) is 0 Å². The summed E-state index contributed by atoms with van der Waals surface area (Å²) in [6, 6.07) is 4.64. The summed E-state index contributed by atoms with van der Waals surface area (Å²) in [5, 5.41) is 12.4. The fourth-order valence-electron chi connectivity index (χ4n) is 6.29. The van der Waals surface area contributed by atoms with Crippen LogP contribution in [0.4, 0.5) is 60.2 Å². The molecule has 2 aliphatic heterocycles. The van der Waals surface area contributed by atoms with Crippen molar-refractivity contribution in [2.45, 2.75) is 76.6 Å². The Morgan fingerprint density at radius 1 is 1.03 bits per heavy atom. The zero-order valence-corrected chi connectivity index (χ0v) is 34.1. The summed E-state index contributed by atoms with van der Waals surface area (Å²) >= 11 is 6.46. The van der Waals surface area contributed by atoms with E-state index in [1.54, 1.807) is 20.8 Å². The van der Waals surface area contributed by atoms with E-state index in [0.717, 1.165) is 24.1 Å². The van der Waals surface area contributed by atoms with E-state index in [-0.39, 0.29) is 57.1 Å². The van der Waals surface area contributed by atoms with Crippen molar-refractivity contribution in [1.29, 1.82) is 0 Å². The van der Waals surface area contributed by atoms with Crippen molar-refractivity contribution < 1.29 is 58.2 Å². The van der Waals surface area contributed by atoms with Crippen LogP contribution in [0.5, 0.6) is 0 Å². The first kappa shape index (κ1) is 48.3. The fraction of sp³-hybridized carbons (Fsp3) is 0.421. The van der Waals surface area contributed by atoms with Crippen molar-refractivity contribution in [1.82, 2.24) is 26.1 Å².